The van der Waals surface area contributed by atoms with Crippen LogP contribution in [0.5, 0.6) is 0 Å². The van der Waals surface area contributed by atoms with Crippen LogP contribution >= 0.6 is 0 Å². The number of aliphatic hydroxyl groups excluding tert-OH is 5. The molecule has 0 spiro atoms. The Morgan fingerprint density at radius 2 is 0.968 bits per heavy atom. The SMILES string of the molecule is CCCCCC/C=C/CC/C=C/C(O)C(COC1OC(CO)C(O)C(O)C1O)NC(=O)CCCCCCCCCCCCCCCC/C=C\C/C=C\C/C=C\CCCCCCC. The van der Waals surface area contributed by atoms with Crippen molar-refractivity contribution in [3.63, 3.8) is 0 Å². The van der Waals surface area contributed by atoms with Crippen LogP contribution in [0.15, 0.2) is 60.8 Å². The van der Waals surface area contributed by atoms with Gasteiger partial charge in [-0.2, -0.15) is 0 Å². The van der Waals surface area contributed by atoms with E-state index in [2.05, 4.69) is 67.8 Å². The van der Waals surface area contributed by atoms with Gasteiger partial charge in [0.05, 0.1) is 25.4 Å². The number of carbonyl (C=O) groups is 1. The van der Waals surface area contributed by atoms with Gasteiger partial charge < -0.3 is 40.3 Å². The number of ether oxygens (including phenoxy) is 2. The smallest absolute Gasteiger partial charge is 0.220 e. The Balaban J connectivity index is 2.17. The van der Waals surface area contributed by atoms with Gasteiger partial charge in [0, 0.05) is 6.42 Å². The summed E-state index contributed by atoms with van der Waals surface area (Å²) >= 11 is 0. The molecule has 1 aliphatic heterocycles. The van der Waals surface area contributed by atoms with E-state index in [0.717, 1.165) is 51.4 Å². The van der Waals surface area contributed by atoms with Crippen LogP contribution in [0.1, 0.15) is 213 Å². The molecule has 1 amide bonds. The van der Waals surface area contributed by atoms with Crippen LogP contribution < -0.4 is 5.32 Å². The van der Waals surface area contributed by atoms with E-state index < -0.39 is 49.5 Å². The predicted octanol–water partition coefficient (Wildman–Crippen LogP) is 11.6. The van der Waals surface area contributed by atoms with Crippen molar-refractivity contribution in [2.24, 2.45) is 0 Å². The molecule has 9 heteroatoms. The minimum atomic E-state index is -1.57. The van der Waals surface area contributed by atoms with Crippen molar-refractivity contribution >= 4 is 5.91 Å². The molecule has 0 aromatic rings. The van der Waals surface area contributed by atoms with Gasteiger partial charge in [0.2, 0.25) is 5.91 Å². The Kier molecular flexibility index (Phi) is 40.0. The van der Waals surface area contributed by atoms with Crippen LogP contribution in [0.25, 0.3) is 0 Å². The van der Waals surface area contributed by atoms with Gasteiger partial charge in [-0.05, 0) is 70.6 Å². The van der Waals surface area contributed by atoms with Crippen molar-refractivity contribution in [2.45, 2.75) is 256 Å². The molecule has 1 fully saturated rings. The zero-order valence-electron chi connectivity index (χ0n) is 39.6. The lowest BCUT2D eigenvalue weighted by atomic mass is 9.99. The van der Waals surface area contributed by atoms with Gasteiger partial charge in [-0.15, -0.1) is 0 Å². The Hall–Kier alpha value is -2.11. The average Bonchev–Trinajstić information content (AvgIpc) is 3.27. The molecule has 0 saturated carbocycles. The molecule has 360 valence electrons. The van der Waals surface area contributed by atoms with Crippen LogP contribution in [0.3, 0.4) is 0 Å². The van der Waals surface area contributed by atoms with Gasteiger partial charge in [-0.1, -0.05) is 197 Å². The van der Waals surface area contributed by atoms with E-state index in [9.17, 15) is 30.3 Å². The minimum absolute atomic E-state index is 0.191. The number of unbranched alkanes of at least 4 members (excludes halogenated alkanes) is 24. The van der Waals surface area contributed by atoms with Gasteiger partial charge in [0.15, 0.2) is 6.29 Å². The second kappa shape index (κ2) is 42.8. The number of carbonyl (C=O) groups excluding carboxylic acids is 1. The van der Waals surface area contributed by atoms with Gasteiger partial charge in [0.25, 0.3) is 0 Å². The van der Waals surface area contributed by atoms with Gasteiger partial charge in [-0.25, -0.2) is 0 Å². The molecule has 7 atom stereocenters. The highest BCUT2D eigenvalue weighted by Gasteiger charge is 2.44. The fourth-order valence-electron chi connectivity index (χ4n) is 7.71. The van der Waals surface area contributed by atoms with Gasteiger partial charge in [-0.3, -0.25) is 4.79 Å². The summed E-state index contributed by atoms with van der Waals surface area (Å²) < 4.78 is 11.2. The van der Waals surface area contributed by atoms with Gasteiger partial charge >= 0.3 is 0 Å². The summed E-state index contributed by atoms with van der Waals surface area (Å²) in [5.41, 5.74) is 0. The molecule has 0 bridgehead atoms. The Labute approximate surface area is 379 Å². The molecule has 1 saturated heterocycles. The second-order valence-corrected chi connectivity index (χ2v) is 17.6. The first-order valence-corrected chi connectivity index (χ1v) is 25.5. The molecule has 0 radical (unpaired) electrons. The number of allylic oxidation sites excluding steroid dienone is 9. The van der Waals surface area contributed by atoms with Crippen LogP contribution in [-0.4, -0.2) is 87.5 Å². The summed E-state index contributed by atoms with van der Waals surface area (Å²) in [4.78, 5) is 13.0. The zero-order chi connectivity index (χ0) is 45.1. The topological polar surface area (TPSA) is 149 Å². The highest BCUT2D eigenvalue weighted by atomic mass is 16.7. The summed E-state index contributed by atoms with van der Waals surface area (Å²) in [6.45, 7) is 3.70. The second-order valence-electron chi connectivity index (χ2n) is 17.6. The molecule has 9 nitrogen and oxygen atoms in total. The first kappa shape index (κ1) is 57.9. The zero-order valence-corrected chi connectivity index (χ0v) is 39.6. The van der Waals surface area contributed by atoms with E-state index in [4.69, 9.17) is 9.47 Å². The predicted molar refractivity (Wildman–Crippen MR) is 258 cm³/mol. The maximum atomic E-state index is 13.0. The molecular weight excluding hydrogens is 779 g/mol. The summed E-state index contributed by atoms with van der Waals surface area (Å²) in [7, 11) is 0. The van der Waals surface area contributed by atoms with E-state index in [1.165, 1.54) is 141 Å². The van der Waals surface area contributed by atoms with Crippen molar-refractivity contribution in [3.05, 3.63) is 60.8 Å². The first-order chi connectivity index (χ1) is 30.3. The number of aliphatic hydroxyl groups is 5. The molecule has 62 heavy (non-hydrogen) atoms. The van der Waals surface area contributed by atoms with E-state index in [-0.39, 0.29) is 12.5 Å². The monoisotopic (exact) mass is 874 g/mol. The molecule has 0 aromatic carbocycles. The van der Waals surface area contributed by atoms with Crippen molar-refractivity contribution in [2.75, 3.05) is 13.2 Å². The highest BCUT2D eigenvalue weighted by Crippen LogP contribution is 2.22. The van der Waals surface area contributed by atoms with Crippen molar-refractivity contribution in [1.82, 2.24) is 5.32 Å². The first-order valence-electron chi connectivity index (χ1n) is 25.5. The summed E-state index contributed by atoms with van der Waals surface area (Å²) in [5, 5.41) is 54.1. The van der Waals surface area contributed by atoms with Gasteiger partial charge in [0.1, 0.15) is 24.4 Å². The minimum Gasteiger partial charge on any atom is -0.394 e. The Bertz CT molecular complexity index is 1150. The number of hydrogen-bond donors (Lipinski definition) is 6. The molecule has 0 aliphatic carbocycles. The fourth-order valence-corrected chi connectivity index (χ4v) is 7.71. The largest absolute Gasteiger partial charge is 0.394 e. The molecular formula is C53H95NO8. The molecule has 6 N–H and O–H groups in total. The number of amides is 1. The average molecular weight is 874 g/mol. The van der Waals surface area contributed by atoms with Crippen molar-refractivity contribution in [1.29, 1.82) is 0 Å². The summed E-state index contributed by atoms with van der Waals surface area (Å²) in [6.07, 6.45) is 50.1. The number of hydrogen-bond acceptors (Lipinski definition) is 8. The lowest BCUT2D eigenvalue weighted by Crippen LogP contribution is -2.60. The highest BCUT2D eigenvalue weighted by molar-refractivity contribution is 5.76. The third kappa shape index (κ3) is 32.5. The molecule has 1 heterocycles. The number of rotatable bonds is 42. The quantitative estimate of drug-likeness (QED) is 0.0262. The standard InChI is InChI=1S/C53H95NO8/c1-3-5-7-9-11-13-15-16-17-18-19-20-21-22-23-24-25-26-27-28-29-30-31-32-33-35-37-39-41-43-49(57)54-46(45-61-53-52(60)51(59)50(58)48(44-55)62-53)47(56)42-40-38-36-34-14-12-10-8-6-4-2/h14-16,18-19,21-22,34,40,42,46-48,50-53,55-56,58-60H,3-13,17,20,23-33,35-39,41,43-45H2,1-2H3,(H,54,57)/b16-15-,19-18-,22-21-,34-14+,42-40+. The fraction of sp³-hybridized carbons (Fsp3) is 0.792. The summed E-state index contributed by atoms with van der Waals surface area (Å²) in [5.74, 6) is -0.191. The third-order valence-electron chi connectivity index (χ3n) is 11.8. The Morgan fingerprint density at radius 1 is 0.548 bits per heavy atom. The summed E-state index contributed by atoms with van der Waals surface area (Å²) in [6, 6.07) is -0.821. The van der Waals surface area contributed by atoms with E-state index in [1.54, 1.807) is 6.08 Å². The van der Waals surface area contributed by atoms with Crippen molar-refractivity contribution < 1.29 is 39.8 Å². The third-order valence-corrected chi connectivity index (χ3v) is 11.8. The van der Waals surface area contributed by atoms with Crippen LogP contribution in [-0.2, 0) is 14.3 Å². The van der Waals surface area contributed by atoms with E-state index >= 15 is 0 Å². The van der Waals surface area contributed by atoms with Crippen molar-refractivity contribution in [3.8, 4) is 0 Å². The Morgan fingerprint density at radius 3 is 1.48 bits per heavy atom. The van der Waals surface area contributed by atoms with E-state index in [1.807, 2.05) is 6.08 Å². The lowest BCUT2D eigenvalue weighted by Gasteiger charge is -2.40. The van der Waals surface area contributed by atoms with Crippen LogP contribution in [0.4, 0.5) is 0 Å². The lowest BCUT2D eigenvalue weighted by molar-refractivity contribution is -0.302. The maximum absolute atomic E-state index is 13.0. The number of nitrogens with one attached hydrogen (secondary N) is 1. The molecule has 1 rings (SSSR count). The van der Waals surface area contributed by atoms with Crippen LogP contribution in [0.2, 0.25) is 0 Å². The molecule has 0 aromatic heterocycles. The molecule has 7 unspecified atom stereocenters. The normalized spacial score (nSPS) is 20.8. The molecule has 1 aliphatic rings. The van der Waals surface area contributed by atoms with Crippen LogP contribution in [0, 0.1) is 0 Å². The van der Waals surface area contributed by atoms with E-state index in [0.29, 0.717) is 6.42 Å². The maximum Gasteiger partial charge on any atom is 0.220 e.